The van der Waals surface area contributed by atoms with Crippen LogP contribution in [-0.4, -0.2) is 49.2 Å². The molecular weight excluding hydrogens is 366 g/mol. The number of aryl methyl sites for hydroxylation is 1. The van der Waals surface area contributed by atoms with Gasteiger partial charge < -0.3 is 14.4 Å². The van der Waals surface area contributed by atoms with Gasteiger partial charge in [0.05, 0.1) is 36.3 Å². The van der Waals surface area contributed by atoms with Crippen LogP contribution in [0, 0.1) is 0 Å². The SMILES string of the molecule is O=C1CCCN1Cc1ncn2c1CN(C(=O)c1ccc3ccccc3n1)CCC2. The summed E-state index contributed by atoms with van der Waals surface area (Å²) in [5.74, 6) is 0.127. The van der Waals surface area contributed by atoms with E-state index in [1.165, 1.54) is 0 Å². The molecule has 1 fully saturated rings. The Morgan fingerprint density at radius 2 is 1.93 bits per heavy atom. The number of aromatic nitrogens is 3. The third-order valence-corrected chi connectivity index (χ3v) is 5.82. The summed E-state index contributed by atoms with van der Waals surface area (Å²) >= 11 is 0. The maximum absolute atomic E-state index is 13.2. The van der Waals surface area contributed by atoms with Gasteiger partial charge in [0, 0.05) is 31.4 Å². The first-order valence-electron chi connectivity index (χ1n) is 10.1. The number of benzene rings is 1. The van der Waals surface area contributed by atoms with Crippen LogP contribution >= 0.6 is 0 Å². The van der Waals surface area contributed by atoms with Gasteiger partial charge in [-0.3, -0.25) is 9.59 Å². The van der Waals surface area contributed by atoms with Crippen LogP contribution in [0.15, 0.2) is 42.7 Å². The molecule has 2 aliphatic heterocycles. The highest BCUT2D eigenvalue weighted by Gasteiger charge is 2.27. The van der Waals surface area contributed by atoms with E-state index in [2.05, 4.69) is 14.5 Å². The van der Waals surface area contributed by atoms with Crippen LogP contribution in [0.5, 0.6) is 0 Å². The van der Waals surface area contributed by atoms with Gasteiger partial charge in [0.2, 0.25) is 5.91 Å². The predicted octanol–water partition coefficient (Wildman–Crippen LogP) is 2.60. The minimum absolute atomic E-state index is 0.0615. The zero-order chi connectivity index (χ0) is 19.8. The monoisotopic (exact) mass is 389 g/mol. The Morgan fingerprint density at radius 1 is 1.03 bits per heavy atom. The molecular formula is C22H23N5O2. The number of fused-ring (bicyclic) bond motifs is 2. The van der Waals surface area contributed by atoms with E-state index < -0.39 is 0 Å². The molecule has 1 saturated heterocycles. The quantitative estimate of drug-likeness (QED) is 0.690. The van der Waals surface area contributed by atoms with Crippen LogP contribution in [0.1, 0.15) is 41.1 Å². The van der Waals surface area contributed by atoms with E-state index in [-0.39, 0.29) is 11.8 Å². The number of likely N-dealkylation sites (tertiary alicyclic amines) is 1. The van der Waals surface area contributed by atoms with Crippen molar-refractivity contribution in [2.75, 3.05) is 13.1 Å². The summed E-state index contributed by atoms with van der Waals surface area (Å²) in [5, 5.41) is 1.02. The number of rotatable bonds is 3. The van der Waals surface area contributed by atoms with Crippen molar-refractivity contribution in [1.82, 2.24) is 24.3 Å². The average molecular weight is 389 g/mol. The molecule has 0 aliphatic carbocycles. The minimum Gasteiger partial charge on any atom is -0.337 e. The van der Waals surface area contributed by atoms with E-state index in [0.717, 1.165) is 48.2 Å². The Labute approximate surface area is 169 Å². The number of carbonyl (C=O) groups is 2. The lowest BCUT2D eigenvalue weighted by Gasteiger charge is -2.21. The standard InChI is InChI=1S/C22H23N5O2/c28-21-7-3-10-25(21)13-19-20-14-26(11-4-12-27(20)15-23-19)22(29)18-9-8-16-5-1-2-6-17(16)24-18/h1-2,5-6,8-9,15H,3-4,7,10-14H2. The van der Waals surface area contributed by atoms with Crippen molar-refractivity contribution in [3.05, 3.63) is 59.8 Å². The summed E-state index contributed by atoms with van der Waals surface area (Å²) in [6, 6.07) is 11.6. The molecule has 1 aromatic carbocycles. The molecule has 0 saturated carbocycles. The van der Waals surface area contributed by atoms with Crippen LogP contribution in [0.2, 0.25) is 0 Å². The summed E-state index contributed by atoms with van der Waals surface area (Å²) < 4.78 is 2.12. The largest absolute Gasteiger partial charge is 0.337 e. The van der Waals surface area contributed by atoms with Crippen molar-refractivity contribution in [2.24, 2.45) is 0 Å². The van der Waals surface area contributed by atoms with Gasteiger partial charge in [-0.15, -0.1) is 0 Å². The molecule has 29 heavy (non-hydrogen) atoms. The van der Waals surface area contributed by atoms with Crippen molar-refractivity contribution in [1.29, 1.82) is 0 Å². The molecule has 5 rings (SSSR count). The van der Waals surface area contributed by atoms with Crippen LogP contribution in [0.25, 0.3) is 10.9 Å². The van der Waals surface area contributed by atoms with Crippen molar-refractivity contribution in [2.45, 2.75) is 38.9 Å². The van der Waals surface area contributed by atoms with E-state index in [0.29, 0.717) is 31.7 Å². The first kappa shape index (κ1) is 17.8. The Bertz CT molecular complexity index is 1090. The molecule has 0 bridgehead atoms. The number of carbonyl (C=O) groups excluding carboxylic acids is 2. The molecule has 2 aliphatic rings. The molecule has 0 N–H and O–H groups in total. The molecule has 2 aromatic heterocycles. The second-order valence-corrected chi connectivity index (χ2v) is 7.72. The topological polar surface area (TPSA) is 71.3 Å². The normalized spacial score (nSPS) is 16.9. The van der Waals surface area contributed by atoms with Gasteiger partial charge in [-0.2, -0.15) is 0 Å². The molecule has 0 atom stereocenters. The lowest BCUT2D eigenvalue weighted by atomic mass is 10.2. The highest BCUT2D eigenvalue weighted by atomic mass is 16.2. The third-order valence-electron chi connectivity index (χ3n) is 5.82. The van der Waals surface area contributed by atoms with Gasteiger partial charge in [0.1, 0.15) is 5.69 Å². The van der Waals surface area contributed by atoms with Crippen molar-refractivity contribution in [3.63, 3.8) is 0 Å². The maximum Gasteiger partial charge on any atom is 0.272 e. The van der Waals surface area contributed by atoms with E-state index in [4.69, 9.17) is 0 Å². The predicted molar refractivity (Wildman–Crippen MR) is 108 cm³/mol. The minimum atomic E-state index is -0.0615. The molecule has 7 heteroatoms. The fourth-order valence-corrected chi connectivity index (χ4v) is 4.22. The van der Waals surface area contributed by atoms with Crippen LogP contribution in [0.4, 0.5) is 0 Å². The molecule has 0 unspecified atom stereocenters. The first-order chi connectivity index (χ1) is 14.2. The molecule has 4 heterocycles. The Balaban J connectivity index is 1.40. The van der Waals surface area contributed by atoms with Gasteiger partial charge in [-0.05, 0) is 25.0 Å². The Morgan fingerprint density at radius 3 is 2.79 bits per heavy atom. The van der Waals surface area contributed by atoms with Gasteiger partial charge >= 0.3 is 0 Å². The highest BCUT2D eigenvalue weighted by Crippen LogP contribution is 2.22. The molecule has 3 aromatic rings. The number of hydrogen-bond acceptors (Lipinski definition) is 4. The van der Waals surface area contributed by atoms with Gasteiger partial charge in [-0.1, -0.05) is 24.3 Å². The first-order valence-corrected chi connectivity index (χ1v) is 10.1. The number of amides is 2. The molecule has 7 nitrogen and oxygen atoms in total. The molecule has 2 amide bonds. The van der Waals surface area contributed by atoms with E-state index in [9.17, 15) is 9.59 Å². The number of para-hydroxylation sites is 1. The molecule has 0 radical (unpaired) electrons. The van der Waals surface area contributed by atoms with Gasteiger partial charge in [0.25, 0.3) is 5.91 Å². The second-order valence-electron chi connectivity index (χ2n) is 7.72. The maximum atomic E-state index is 13.2. The zero-order valence-electron chi connectivity index (χ0n) is 16.3. The lowest BCUT2D eigenvalue weighted by molar-refractivity contribution is -0.128. The van der Waals surface area contributed by atoms with Crippen LogP contribution in [-0.2, 0) is 24.4 Å². The zero-order valence-corrected chi connectivity index (χ0v) is 16.3. The van der Waals surface area contributed by atoms with Gasteiger partial charge in [-0.25, -0.2) is 9.97 Å². The summed E-state index contributed by atoms with van der Waals surface area (Å²) in [4.78, 5) is 38.1. The third kappa shape index (κ3) is 3.37. The second kappa shape index (κ2) is 7.31. The number of hydrogen-bond donors (Lipinski definition) is 0. The molecule has 148 valence electrons. The van der Waals surface area contributed by atoms with Crippen LogP contribution < -0.4 is 0 Å². The van der Waals surface area contributed by atoms with Crippen molar-refractivity contribution < 1.29 is 9.59 Å². The lowest BCUT2D eigenvalue weighted by Crippen LogP contribution is -2.32. The van der Waals surface area contributed by atoms with Crippen molar-refractivity contribution >= 4 is 22.7 Å². The fraction of sp³-hybridized carbons (Fsp3) is 0.364. The fourth-order valence-electron chi connectivity index (χ4n) is 4.22. The summed E-state index contributed by atoms with van der Waals surface area (Å²) in [6.45, 7) is 3.30. The highest BCUT2D eigenvalue weighted by molar-refractivity contribution is 5.94. The van der Waals surface area contributed by atoms with Gasteiger partial charge in [0.15, 0.2) is 0 Å². The number of pyridine rings is 1. The van der Waals surface area contributed by atoms with Crippen molar-refractivity contribution in [3.8, 4) is 0 Å². The Hall–Kier alpha value is -3.22. The smallest absolute Gasteiger partial charge is 0.272 e. The summed E-state index contributed by atoms with van der Waals surface area (Å²) in [5.41, 5.74) is 3.21. The number of nitrogens with zero attached hydrogens (tertiary/aromatic N) is 5. The average Bonchev–Trinajstić information content (AvgIpc) is 3.25. The Kier molecular flexibility index (Phi) is 4.50. The van der Waals surface area contributed by atoms with E-state index in [1.807, 2.05) is 46.5 Å². The van der Waals surface area contributed by atoms with E-state index in [1.54, 1.807) is 6.07 Å². The summed E-state index contributed by atoms with van der Waals surface area (Å²) in [7, 11) is 0. The molecule has 0 spiro atoms. The van der Waals surface area contributed by atoms with Crippen LogP contribution in [0.3, 0.4) is 0 Å². The van der Waals surface area contributed by atoms with E-state index >= 15 is 0 Å². The summed E-state index contributed by atoms with van der Waals surface area (Å²) in [6.07, 6.45) is 4.24. The number of imidazole rings is 1.